The molecule has 0 saturated carbocycles. The van der Waals surface area contributed by atoms with E-state index in [9.17, 15) is 14.9 Å². The van der Waals surface area contributed by atoms with Crippen LogP contribution in [0.1, 0.15) is 22.8 Å². The first-order valence-corrected chi connectivity index (χ1v) is 9.03. The summed E-state index contributed by atoms with van der Waals surface area (Å²) in [5.74, 6) is -0.272. The van der Waals surface area contributed by atoms with E-state index in [0.29, 0.717) is 18.8 Å². The molecule has 1 N–H and O–H groups in total. The standard InChI is InChI=1S/C22H21N3O3/c1-2-24(19-11-7-4-8-12-19)22(26)18-13-14-20(21(15-18)25(27)28)23-16-17-9-5-3-6-10-17/h3-15,23H,2,16H2,1H3. The van der Waals surface area contributed by atoms with Crippen molar-refractivity contribution in [3.8, 4) is 0 Å². The minimum Gasteiger partial charge on any atom is -0.375 e. The Labute approximate surface area is 163 Å². The third-order valence-corrected chi connectivity index (χ3v) is 4.40. The Morgan fingerprint density at radius 3 is 2.25 bits per heavy atom. The highest BCUT2D eigenvalue weighted by Gasteiger charge is 2.21. The molecule has 1 amide bonds. The van der Waals surface area contributed by atoms with Crippen LogP contribution in [-0.4, -0.2) is 17.4 Å². The van der Waals surface area contributed by atoms with Crippen molar-refractivity contribution in [2.75, 3.05) is 16.8 Å². The largest absolute Gasteiger partial charge is 0.375 e. The molecule has 3 aromatic rings. The van der Waals surface area contributed by atoms with E-state index in [-0.39, 0.29) is 17.2 Å². The van der Waals surface area contributed by atoms with Gasteiger partial charge in [-0.1, -0.05) is 48.5 Å². The molecule has 6 nitrogen and oxygen atoms in total. The predicted octanol–water partition coefficient (Wildman–Crippen LogP) is 4.87. The fourth-order valence-electron chi connectivity index (χ4n) is 2.97. The normalized spacial score (nSPS) is 10.3. The Hall–Kier alpha value is -3.67. The molecule has 3 aromatic carbocycles. The van der Waals surface area contributed by atoms with E-state index in [0.717, 1.165) is 11.3 Å². The summed E-state index contributed by atoms with van der Waals surface area (Å²) in [6, 6.07) is 23.4. The molecule has 0 saturated heterocycles. The Balaban J connectivity index is 1.85. The highest BCUT2D eigenvalue weighted by atomic mass is 16.6. The van der Waals surface area contributed by atoms with Crippen molar-refractivity contribution in [3.63, 3.8) is 0 Å². The van der Waals surface area contributed by atoms with Crippen LogP contribution in [0.5, 0.6) is 0 Å². The fraction of sp³-hybridized carbons (Fsp3) is 0.136. The first-order chi connectivity index (χ1) is 13.6. The molecule has 0 unspecified atom stereocenters. The van der Waals surface area contributed by atoms with E-state index in [1.165, 1.54) is 6.07 Å². The van der Waals surface area contributed by atoms with Crippen molar-refractivity contribution >= 4 is 23.0 Å². The van der Waals surface area contributed by atoms with Gasteiger partial charge < -0.3 is 10.2 Å². The van der Waals surface area contributed by atoms with Gasteiger partial charge in [-0.2, -0.15) is 0 Å². The SMILES string of the molecule is CCN(C(=O)c1ccc(NCc2ccccc2)c([N+](=O)[O-])c1)c1ccccc1. The van der Waals surface area contributed by atoms with Crippen LogP contribution in [0.4, 0.5) is 17.1 Å². The summed E-state index contributed by atoms with van der Waals surface area (Å²) in [6.45, 7) is 2.79. The molecule has 0 radical (unpaired) electrons. The van der Waals surface area contributed by atoms with E-state index < -0.39 is 4.92 Å². The second-order valence-corrected chi connectivity index (χ2v) is 6.21. The minimum absolute atomic E-state index is 0.120. The van der Waals surface area contributed by atoms with Crippen LogP contribution >= 0.6 is 0 Å². The number of benzene rings is 3. The van der Waals surface area contributed by atoms with Crippen molar-refractivity contribution < 1.29 is 9.72 Å². The summed E-state index contributed by atoms with van der Waals surface area (Å²) in [6.07, 6.45) is 0. The van der Waals surface area contributed by atoms with Gasteiger partial charge >= 0.3 is 0 Å². The lowest BCUT2D eigenvalue weighted by molar-refractivity contribution is -0.384. The predicted molar refractivity (Wildman–Crippen MR) is 111 cm³/mol. The van der Waals surface area contributed by atoms with E-state index in [2.05, 4.69) is 5.32 Å². The molecule has 0 spiro atoms. The van der Waals surface area contributed by atoms with Crippen LogP contribution in [-0.2, 0) is 6.54 Å². The number of hydrogen-bond acceptors (Lipinski definition) is 4. The van der Waals surface area contributed by atoms with E-state index >= 15 is 0 Å². The van der Waals surface area contributed by atoms with Gasteiger partial charge in [-0.3, -0.25) is 14.9 Å². The zero-order valence-electron chi connectivity index (χ0n) is 15.5. The smallest absolute Gasteiger partial charge is 0.293 e. The summed E-state index contributed by atoms with van der Waals surface area (Å²) in [4.78, 5) is 25.6. The van der Waals surface area contributed by atoms with Crippen molar-refractivity contribution in [2.45, 2.75) is 13.5 Å². The van der Waals surface area contributed by atoms with E-state index in [1.807, 2.05) is 67.6 Å². The average Bonchev–Trinajstić information content (AvgIpc) is 2.74. The topological polar surface area (TPSA) is 75.5 Å². The second-order valence-electron chi connectivity index (χ2n) is 6.21. The molecule has 0 aliphatic heterocycles. The molecule has 3 rings (SSSR count). The first-order valence-electron chi connectivity index (χ1n) is 9.03. The maximum atomic E-state index is 12.9. The third kappa shape index (κ3) is 4.35. The van der Waals surface area contributed by atoms with Crippen molar-refractivity contribution in [1.29, 1.82) is 0 Å². The van der Waals surface area contributed by atoms with Crippen LogP contribution in [0.25, 0.3) is 0 Å². The second kappa shape index (κ2) is 8.81. The molecule has 0 aliphatic carbocycles. The molecule has 0 heterocycles. The van der Waals surface area contributed by atoms with Gasteiger partial charge in [-0.05, 0) is 36.8 Å². The Kier molecular flexibility index (Phi) is 6.01. The fourth-order valence-corrected chi connectivity index (χ4v) is 2.97. The molecular formula is C22H21N3O3. The molecular weight excluding hydrogens is 354 g/mol. The Morgan fingerprint density at radius 2 is 1.64 bits per heavy atom. The number of anilines is 2. The molecule has 0 fully saturated rings. The minimum atomic E-state index is -0.469. The molecule has 6 heteroatoms. The van der Waals surface area contributed by atoms with Crippen molar-refractivity contribution in [2.24, 2.45) is 0 Å². The average molecular weight is 375 g/mol. The highest BCUT2D eigenvalue weighted by molar-refractivity contribution is 6.06. The van der Waals surface area contributed by atoms with Gasteiger partial charge in [0.05, 0.1) is 4.92 Å². The summed E-state index contributed by atoms with van der Waals surface area (Å²) >= 11 is 0. The number of nitrogens with zero attached hydrogens (tertiary/aromatic N) is 2. The van der Waals surface area contributed by atoms with Crippen LogP contribution in [0, 0.1) is 10.1 Å². The van der Waals surface area contributed by atoms with Gasteiger partial charge in [0, 0.05) is 30.4 Å². The lowest BCUT2D eigenvalue weighted by Gasteiger charge is -2.21. The van der Waals surface area contributed by atoms with Gasteiger partial charge in [-0.25, -0.2) is 0 Å². The summed E-state index contributed by atoms with van der Waals surface area (Å²) in [5.41, 5.74) is 2.31. The molecule has 0 aliphatic rings. The van der Waals surface area contributed by atoms with Crippen LogP contribution in [0.15, 0.2) is 78.9 Å². The van der Waals surface area contributed by atoms with Gasteiger partial charge in [-0.15, -0.1) is 0 Å². The van der Waals surface area contributed by atoms with E-state index in [1.54, 1.807) is 17.0 Å². The highest BCUT2D eigenvalue weighted by Crippen LogP contribution is 2.27. The number of amides is 1. The molecule has 0 atom stereocenters. The van der Waals surface area contributed by atoms with Crippen LogP contribution < -0.4 is 10.2 Å². The lowest BCUT2D eigenvalue weighted by Crippen LogP contribution is -2.30. The number of para-hydroxylation sites is 1. The first kappa shape index (κ1) is 19.1. The van der Waals surface area contributed by atoms with Gasteiger partial charge in [0.1, 0.15) is 5.69 Å². The summed E-state index contributed by atoms with van der Waals surface area (Å²) < 4.78 is 0. The van der Waals surface area contributed by atoms with Gasteiger partial charge in [0.25, 0.3) is 11.6 Å². The number of nitro benzene ring substituents is 1. The molecule has 142 valence electrons. The number of carbonyl (C=O) groups is 1. The van der Waals surface area contributed by atoms with Crippen LogP contribution in [0.2, 0.25) is 0 Å². The zero-order valence-corrected chi connectivity index (χ0v) is 15.5. The molecule has 0 aromatic heterocycles. The maximum Gasteiger partial charge on any atom is 0.293 e. The zero-order chi connectivity index (χ0) is 19.9. The van der Waals surface area contributed by atoms with Crippen LogP contribution in [0.3, 0.4) is 0 Å². The maximum absolute atomic E-state index is 12.9. The molecule has 0 bridgehead atoms. The lowest BCUT2D eigenvalue weighted by atomic mass is 10.1. The number of nitrogens with one attached hydrogen (secondary N) is 1. The molecule has 28 heavy (non-hydrogen) atoms. The Bertz CT molecular complexity index is 959. The summed E-state index contributed by atoms with van der Waals surface area (Å²) in [7, 11) is 0. The monoisotopic (exact) mass is 375 g/mol. The van der Waals surface area contributed by atoms with Gasteiger partial charge in [0.2, 0.25) is 0 Å². The number of rotatable bonds is 7. The van der Waals surface area contributed by atoms with Crippen molar-refractivity contribution in [1.82, 2.24) is 0 Å². The van der Waals surface area contributed by atoms with Gasteiger partial charge in [0.15, 0.2) is 0 Å². The van der Waals surface area contributed by atoms with E-state index in [4.69, 9.17) is 0 Å². The third-order valence-electron chi connectivity index (χ3n) is 4.40. The number of hydrogen-bond donors (Lipinski definition) is 1. The number of nitro groups is 1. The number of carbonyl (C=O) groups excluding carboxylic acids is 1. The quantitative estimate of drug-likeness (QED) is 0.472. The Morgan fingerprint density at radius 1 is 1.00 bits per heavy atom. The van der Waals surface area contributed by atoms with Crippen molar-refractivity contribution in [3.05, 3.63) is 100 Å². The summed E-state index contributed by atoms with van der Waals surface area (Å²) in [5, 5.41) is 14.6.